The second-order valence-electron chi connectivity index (χ2n) is 4.92. The van der Waals surface area contributed by atoms with E-state index in [9.17, 15) is 9.59 Å². The van der Waals surface area contributed by atoms with E-state index in [-0.39, 0.29) is 12.3 Å². The summed E-state index contributed by atoms with van der Waals surface area (Å²) < 4.78 is 5.93. The van der Waals surface area contributed by atoms with Crippen LogP contribution in [0.1, 0.15) is 24.9 Å². The zero-order valence-electron chi connectivity index (χ0n) is 12.4. The summed E-state index contributed by atoms with van der Waals surface area (Å²) in [5.41, 5.74) is 0.842. The number of ether oxygens (including phenoxy) is 1. The Hall–Kier alpha value is -1.85. The fourth-order valence-electron chi connectivity index (χ4n) is 2.07. The average molecular weight is 397 g/mol. The van der Waals surface area contributed by atoms with Crippen molar-refractivity contribution in [2.24, 2.45) is 0 Å². The topological polar surface area (TPSA) is 55.4 Å². The molecule has 0 aliphatic carbocycles. The lowest BCUT2D eigenvalue weighted by molar-refractivity contribution is -0.135. The van der Waals surface area contributed by atoms with Crippen molar-refractivity contribution in [3.63, 3.8) is 0 Å². The minimum absolute atomic E-state index is 0.0264. The Kier molecular flexibility index (Phi) is 6.19. The number of hydrogen-bond donors (Lipinski definition) is 1. The summed E-state index contributed by atoms with van der Waals surface area (Å²) in [5.74, 6) is -0.274. The molecule has 1 amide bonds. The van der Waals surface area contributed by atoms with Gasteiger partial charge in [0.25, 0.3) is 0 Å². The third-order valence-electron chi connectivity index (χ3n) is 3.07. The van der Waals surface area contributed by atoms with Crippen molar-refractivity contribution >= 4 is 39.4 Å². The molecule has 1 N–H and O–H groups in total. The maximum atomic E-state index is 12.2. The van der Waals surface area contributed by atoms with Gasteiger partial charge in [0.05, 0.1) is 16.9 Å². The quantitative estimate of drug-likeness (QED) is 0.606. The molecule has 1 atom stereocenters. The fraction of sp³-hybridized carbons (Fsp3) is 0.176. The van der Waals surface area contributed by atoms with Crippen LogP contribution in [0.25, 0.3) is 0 Å². The minimum atomic E-state index is -0.448. The predicted molar refractivity (Wildman–Crippen MR) is 92.4 cm³/mol. The van der Waals surface area contributed by atoms with Crippen molar-refractivity contribution in [1.82, 2.24) is 5.32 Å². The molecule has 0 heterocycles. The lowest BCUT2D eigenvalue weighted by Crippen LogP contribution is -2.29. The number of rotatable bonds is 5. The van der Waals surface area contributed by atoms with Gasteiger partial charge in [-0.3, -0.25) is 9.59 Å². The lowest BCUT2D eigenvalue weighted by atomic mass is 10.0. The van der Waals surface area contributed by atoms with Crippen LogP contribution < -0.4 is 10.1 Å². The van der Waals surface area contributed by atoms with Gasteiger partial charge in [-0.2, -0.15) is 0 Å². The Morgan fingerprint density at radius 2 is 1.91 bits per heavy atom. The van der Waals surface area contributed by atoms with Crippen molar-refractivity contribution in [2.45, 2.75) is 19.4 Å². The normalized spacial score (nSPS) is 11.6. The summed E-state index contributed by atoms with van der Waals surface area (Å²) >= 11 is 9.15. The summed E-state index contributed by atoms with van der Waals surface area (Å²) in [6.45, 7) is 1.41. The Balaban J connectivity index is 2.09. The van der Waals surface area contributed by atoms with Gasteiger partial charge in [0.15, 0.2) is 0 Å². The first-order valence-corrected chi connectivity index (χ1v) is 8.10. The first-order chi connectivity index (χ1) is 11.0. The van der Waals surface area contributed by atoms with Gasteiger partial charge < -0.3 is 10.1 Å². The van der Waals surface area contributed by atoms with E-state index >= 15 is 0 Å². The predicted octanol–water partition coefficient (Wildman–Crippen LogP) is 4.28. The molecule has 120 valence electrons. The Morgan fingerprint density at radius 3 is 2.52 bits per heavy atom. The second-order valence-corrected chi connectivity index (χ2v) is 6.21. The zero-order valence-corrected chi connectivity index (χ0v) is 14.7. The summed E-state index contributed by atoms with van der Waals surface area (Å²) in [7, 11) is 0. The Morgan fingerprint density at radius 1 is 1.22 bits per heavy atom. The molecule has 0 aliphatic rings. The van der Waals surface area contributed by atoms with Crippen LogP contribution in [0.2, 0.25) is 5.02 Å². The molecule has 0 spiro atoms. The zero-order chi connectivity index (χ0) is 16.8. The van der Waals surface area contributed by atoms with Crippen LogP contribution in [0.5, 0.6) is 5.75 Å². The van der Waals surface area contributed by atoms with E-state index < -0.39 is 12.0 Å². The van der Waals surface area contributed by atoms with E-state index in [2.05, 4.69) is 21.2 Å². The minimum Gasteiger partial charge on any atom is -0.425 e. The number of esters is 1. The molecular formula is C17H15BrClNO3. The van der Waals surface area contributed by atoms with Gasteiger partial charge >= 0.3 is 5.97 Å². The molecule has 6 heteroatoms. The molecule has 23 heavy (non-hydrogen) atoms. The molecule has 0 fully saturated rings. The second kappa shape index (κ2) is 8.13. The average Bonchev–Trinajstić information content (AvgIpc) is 2.50. The summed E-state index contributed by atoms with van der Waals surface area (Å²) in [4.78, 5) is 23.6. The summed E-state index contributed by atoms with van der Waals surface area (Å²) in [6, 6.07) is 13.7. The van der Waals surface area contributed by atoms with Crippen molar-refractivity contribution < 1.29 is 14.3 Å². The van der Waals surface area contributed by atoms with Crippen molar-refractivity contribution in [3.05, 3.63) is 63.6 Å². The van der Waals surface area contributed by atoms with Crippen molar-refractivity contribution in [1.29, 1.82) is 0 Å². The number of halogens is 2. The van der Waals surface area contributed by atoms with E-state index in [4.69, 9.17) is 16.3 Å². The smallest absolute Gasteiger partial charge is 0.313 e. The highest BCUT2D eigenvalue weighted by Crippen LogP contribution is 2.29. The van der Waals surface area contributed by atoms with Crippen molar-refractivity contribution in [2.75, 3.05) is 0 Å². The van der Waals surface area contributed by atoms with Crippen LogP contribution in [-0.4, -0.2) is 11.9 Å². The monoisotopic (exact) mass is 395 g/mol. The molecule has 2 aromatic carbocycles. The van der Waals surface area contributed by atoms with Gasteiger partial charge in [-0.05, 0) is 39.7 Å². The molecular weight excluding hydrogens is 382 g/mol. The fourth-order valence-corrected chi connectivity index (χ4v) is 2.84. The molecule has 1 unspecified atom stereocenters. The number of hydrogen-bond acceptors (Lipinski definition) is 3. The first-order valence-electron chi connectivity index (χ1n) is 6.93. The third-order valence-corrected chi connectivity index (χ3v) is 3.92. The Bertz CT molecular complexity index is 706. The number of amides is 1. The maximum absolute atomic E-state index is 12.2. The van der Waals surface area contributed by atoms with Gasteiger partial charge in [-0.15, -0.1) is 0 Å². The molecule has 0 radical (unpaired) electrons. The van der Waals surface area contributed by atoms with Crippen LogP contribution in [0.4, 0.5) is 0 Å². The van der Waals surface area contributed by atoms with Gasteiger partial charge in [-0.25, -0.2) is 0 Å². The summed E-state index contributed by atoms with van der Waals surface area (Å²) in [5, 5.41) is 3.30. The highest BCUT2D eigenvalue weighted by molar-refractivity contribution is 9.10. The first kappa shape index (κ1) is 17.5. The molecule has 0 aliphatic heterocycles. The van der Waals surface area contributed by atoms with E-state index in [1.807, 2.05) is 30.3 Å². The van der Waals surface area contributed by atoms with Crippen LogP contribution in [0.3, 0.4) is 0 Å². The summed E-state index contributed by atoms with van der Waals surface area (Å²) in [6.07, 6.45) is 0.0264. The molecule has 4 nitrogen and oxygen atoms in total. The standard InChI is InChI=1S/C17H15BrClNO3/c1-11(21)20-15(12-5-3-2-4-6-12)10-17(22)23-16-8-7-13(19)9-14(16)18/h2-9,15H,10H2,1H3,(H,20,21). The lowest BCUT2D eigenvalue weighted by Gasteiger charge is -2.17. The Labute approximate surface area is 147 Å². The number of carbonyl (C=O) groups is 2. The van der Waals surface area contributed by atoms with E-state index in [1.165, 1.54) is 6.92 Å². The van der Waals surface area contributed by atoms with Crippen molar-refractivity contribution in [3.8, 4) is 5.75 Å². The molecule has 0 saturated carbocycles. The van der Waals surface area contributed by atoms with Gasteiger partial charge in [-0.1, -0.05) is 41.9 Å². The molecule has 2 aromatic rings. The molecule has 0 saturated heterocycles. The number of nitrogens with one attached hydrogen (secondary N) is 1. The SMILES string of the molecule is CC(=O)NC(CC(=O)Oc1ccc(Cl)cc1Br)c1ccccc1. The van der Waals surface area contributed by atoms with Gasteiger partial charge in [0, 0.05) is 11.9 Å². The molecule has 2 rings (SSSR count). The van der Waals surface area contributed by atoms with Gasteiger partial charge in [0.1, 0.15) is 5.75 Å². The maximum Gasteiger partial charge on any atom is 0.313 e. The number of carbonyl (C=O) groups excluding carboxylic acids is 2. The highest BCUT2D eigenvalue weighted by atomic mass is 79.9. The molecule has 0 bridgehead atoms. The molecule has 0 aromatic heterocycles. The van der Waals surface area contributed by atoms with E-state index in [1.54, 1.807) is 18.2 Å². The largest absolute Gasteiger partial charge is 0.425 e. The van der Waals surface area contributed by atoms with Crippen LogP contribution in [0, 0.1) is 0 Å². The van der Waals surface area contributed by atoms with E-state index in [0.717, 1.165) is 5.56 Å². The van der Waals surface area contributed by atoms with Gasteiger partial charge in [0.2, 0.25) is 5.91 Å². The van der Waals surface area contributed by atoms with E-state index in [0.29, 0.717) is 15.2 Å². The van der Waals surface area contributed by atoms with Crippen LogP contribution in [-0.2, 0) is 9.59 Å². The third kappa shape index (κ3) is 5.37. The number of benzene rings is 2. The highest BCUT2D eigenvalue weighted by Gasteiger charge is 2.19. The van der Waals surface area contributed by atoms with Crippen LogP contribution >= 0.6 is 27.5 Å². The van der Waals surface area contributed by atoms with Crippen LogP contribution in [0.15, 0.2) is 53.0 Å².